The lowest BCUT2D eigenvalue weighted by atomic mass is 10.2. The Bertz CT molecular complexity index is 751. The molecule has 0 saturated heterocycles. The van der Waals surface area contributed by atoms with Crippen LogP contribution in [-0.2, 0) is 9.84 Å². The molecule has 0 unspecified atom stereocenters. The van der Waals surface area contributed by atoms with E-state index in [0.29, 0.717) is 22.5 Å². The number of H-pyrrole nitrogens is 1. The summed E-state index contributed by atoms with van der Waals surface area (Å²) in [5, 5.41) is 14.6. The number of benzene rings is 1. The van der Waals surface area contributed by atoms with Crippen molar-refractivity contribution in [2.24, 2.45) is 10.9 Å². The van der Waals surface area contributed by atoms with Crippen LogP contribution in [0.15, 0.2) is 23.4 Å². The third-order valence-electron chi connectivity index (χ3n) is 2.67. The topological polar surface area (TPSA) is 133 Å². The van der Waals surface area contributed by atoms with E-state index >= 15 is 0 Å². The van der Waals surface area contributed by atoms with Crippen molar-refractivity contribution in [3.8, 4) is 0 Å². The minimum Gasteiger partial charge on any atom is -0.409 e. The van der Waals surface area contributed by atoms with Gasteiger partial charge in [0.2, 0.25) is 5.95 Å². The number of rotatable bonds is 5. The molecule has 2 rings (SSSR count). The first-order chi connectivity index (χ1) is 9.40. The number of sulfone groups is 1. The number of amidine groups is 1. The molecule has 1 aromatic carbocycles. The highest BCUT2D eigenvalue weighted by Gasteiger charge is 2.10. The molecular formula is C11H15N5O3S. The molecule has 0 aliphatic heterocycles. The smallest absolute Gasteiger partial charge is 0.201 e. The van der Waals surface area contributed by atoms with Crippen LogP contribution >= 0.6 is 0 Å². The summed E-state index contributed by atoms with van der Waals surface area (Å²) in [6.45, 7) is 0.248. The molecule has 0 radical (unpaired) electrons. The second-order valence-electron chi connectivity index (χ2n) is 4.33. The van der Waals surface area contributed by atoms with Gasteiger partial charge in [-0.15, -0.1) is 0 Å². The van der Waals surface area contributed by atoms with Gasteiger partial charge in [0.05, 0.1) is 16.8 Å². The molecule has 0 amide bonds. The summed E-state index contributed by atoms with van der Waals surface area (Å²) in [6, 6.07) is 5.19. The maximum absolute atomic E-state index is 11.0. The zero-order valence-corrected chi connectivity index (χ0v) is 11.6. The van der Waals surface area contributed by atoms with Gasteiger partial charge >= 0.3 is 0 Å². The third kappa shape index (κ3) is 3.18. The molecule has 0 bridgehead atoms. The number of hydrogen-bond acceptors (Lipinski definition) is 6. The molecule has 0 aliphatic carbocycles. The van der Waals surface area contributed by atoms with Gasteiger partial charge in [-0.05, 0) is 12.1 Å². The van der Waals surface area contributed by atoms with E-state index in [2.05, 4.69) is 20.4 Å². The average Bonchev–Trinajstić information content (AvgIpc) is 2.78. The Morgan fingerprint density at radius 1 is 1.55 bits per heavy atom. The van der Waals surface area contributed by atoms with Crippen LogP contribution in [0.4, 0.5) is 5.95 Å². The number of nitrogens with two attached hydrogens (primary N) is 1. The Kier molecular flexibility index (Phi) is 3.79. The van der Waals surface area contributed by atoms with Crippen LogP contribution in [0.3, 0.4) is 0 Å². The Balaban J connectivity index is 2.25. The van der Waals surface area contributed by atoms with Crippen molar-refractivity contribution in [3.63, 3.8) is 0 Å². The maximum atomic E-state index is 11.0. The predicted octanol–water partition coefficient (Wildman–Crippen LogP) is 0.114. The summed E-state index contributed by atoms with van der Waals surface area (Å²) in [5.74, 6) is 0.417. The van der Waals surface area contributed by atoms with Gasteiger partial charge in [-0.1, -0.05) is 11.2 Å². The second kappa shape index (κ2) is 5.37. The molecular weight excluding hydrogens is 282 g/mol. The van der Waals surface area contributed by atoms with Gasteiger partial charge in [0.25, 0.3) is 0 Å². The zero-order valence-electron chi connectivity index (χ0n) is 10.8. The summed E-state index contributed by atoms with van der Waals surface area (Å²) in [5.41, 5.74) is 7.35. The lowest BCUT2D eigenvalue weighted by molar-refractivity contribution is 0.318. The van der Waals surface area contributed by atoms with Crippen LogP contribution in [0.25, 0.3) is 11.0 Å². The number of fused-ring (bicyclic) bond motifs is 1. The first kappa shape index (κ1) is 14.1. The maximum Gasteiger partial charge on any atom is 0.201 e. The first-order valence-corrected chi connectivity index (χ1v) is 7.85. The van der Waals surface area contributed by atoms with Crippen LogP contribution < -0.4 is 11.1 Å². The summed E-state index contributed by atoms with van der Waals surface area (Å²) >= 11 is 0. The largest absolute Gasteiger partial charge is 0.409 e. The van der Waals surface area contributed by atoms with Crippen LogP contribution in [0.2, 0.25) is 0 Å². The fourth-order valence-corrected chi connectivity index (χ4v) is 2.21. The van der Waals surface area contributed by atoms with E-state index in [-0.39, 0.29) is 18.1 Å². The Morgan fingerprint density at radius 2 is 2.30 bits per heavy atom. The van der Waals surface area contributed by atoms with Gasteiger partial charge in [0, 0.05) is 18.4 Å². The second-order valence-corrected chi connectivity index (χ2v) is 6.59. The normalized spacial score (nSPS) is 12.8. The van der Waals surface area contributed by atoms with E-state index in [4.69, 9.17) is 10.9 Å². The zero-order chi connectivity index (χ0) is 14.8. The summed E-state index contributed by atoms with van der Waals surface area (Å²) in [6.07, 6.45) is 1.17. The lowest BCUT2D eigenvalue weighted by Crippen LogP contribution is -2.15. The van der Waals surface area contributed by atoms with Crippen molar-refractivity contribution in [1.29, 1.82) is 0 Å². The van der Waals surface area contributed by atoms with E-state index in [1.54, 1.807) is 18.2 Å². The molecule has 108 valence electrons. The van der Waals surface area contributed by atoms with Gasteiger partial charge in [-0.3, -0.25) is 0 Å². The van der Waals surface area contributed by atoms with E-state index < -0.39 is 9.84 Å². The number of para-hydroxylation sites is 1. The number of anilines is 1. The number of aromatic amines is 1. The SMILES string of the molecule is CS(=O)(=O)CCNc1nc2cccc(C(N)=NO)c2[nH]1. The minimum absolute atomic E-state index is 0.0111. The molecule has 20 heavy (non-hydrogen) atoms. The third-order valence-corrected chi connectivity index (χ3v) is 3.61. The Labute approximate surface area is 115 Å². The van der Waals surface area contributed by atoms with Gasteiger partial charge in [-0.25, -0.2) is 13.4 Å². The average molecular weight is 297 g/mol. The molecule has 0 aliphatic rings. The van der Waals surface area contributed by atoms with Crippen molar-refractivity contribution in [3.05, 3.63) is 23.8 Å². The summed E-state index contributed by atoms with van der Waals surface area (Å²) in [7, 11) is -3.03. The molecule has 1 aromatic heterocycles. The van der Waals surface area contributed by atoms with Crippen LogP contribution in [-0.4, -0.2) is 48.0 Å². The molecule has 2 aromatic rings. The lowest BCUT2D eigenvalue weighted by Gasteiger charge is -2.01. The highest BCUT2D eigenvalue weighted by molar-refractivity contribution is 7.90. The molecule has 5 N–H and O–H groups in total. The number of nitrogens with one attached hydrogen (secondary N) is 2. The number of oxime groups is 1. The molecule has 0 atom stereocenters. The number of imidazole rings is 1. The summed E-state index contributed by atoms with van der Waals surface area (Å²) in [4.78, 5) is 7.23. The van der Waals surface area contributed by atoms with E-state index in [9.17, 15) is 8.42 Å². The highest BCUT2D eigenvalue weighted by atomic mass is 32.2. The van der Waals surface area contributed by atoms with E-state index in [0.717, 1.165) is 0 Å². The molecule has 0 saturated carbocycles. The van der Waals surface area contributed by atoms with E-state index in [1.165, 1.54) is 6.26 Å². The molecule has 8 nitrogen and oxygen atoms in total. The van der Waals surface area contributed by atoms with Crippen LogP contribution in [0.1, 0.15) is 5.56 Å². The number of aromatic nitrogens is 2. The monoisotopic (exact) mass is 297 g/mol. The van der Waals surface area contributed by atoms with Crippen molar-refractivity contribution in [2.45, 2.75) is 0 Å². The quantitative estimate of drug-likeness (QED) is 0.268. The predicted molar refractivity (Wildman–Crippen MR) is 76.8 cm³/mol. The van der Waals surface area contributed by atoms with Gasteiger partial charge in [0.15, 0.2) is 5.84 Å². The van der Waals surface area contributed by atoms with Gasteiger partial charge in [-0.2, -0.15) is 0 Å². The van der Waals surface area contributed by atoms with Crippen LogP contribution in [0, 0.1) is 0 Å². The standard InChI is InChI=1S/C11H15N5O3S/c1-20(18,19)6-5-13-11-14-8-4-2-3-7(9(8)15-11)10(12)16-17/h2-4,17H,5-6H2,1H3,(H2,12,16)(H2,13,14,15). The Hall–Kier alpha value is -2.29. The summed E-state index contributed by atoms with van der Waals surface area (Å²) < 4.78 is 22.1. The molecule has 9 heteroatoms. The number of nitrogens with zero attached hydrogens (tertiary/aromatic N) is 2. The Morgan fingerprint density at radius 3 is 2.95 bits per heavy atom. The minimum atomic E-state index is -3.03. The first-order valence-electron chi connectivity index (χ1n) is 5.79. The van der Waals surface area contributed by atoms with Crippen molar-refractivity contribution in [2.75, 3.05) is 23.9 Å². The van der Waals surface area contributed by atoms with Gasteiger partial charge < -0.3 is 21.2 Å². The molecule has 0 spiro atoms. The van der Waals surface area contributed by atoms with Crippen molar-refractivity contribution < 1.29 is 13.6 Å². The van der Waals surface area contributed by atoms with Crippen LogP contribution in [0.5, 0.6) is 0 Å². The fraction of sp³-hybridized carbons (Fsp3) is 0.273. The van der Waals surface area contributed by atoms with Crippen molar-refractivity contribution in [1.82, 2.24) is 9.97 Å². The van der Waals surface area contributed by atoms with Crippen molar-refractivity contribution >= 4 is 32.7 Å². The molecule has 1 heterocycles. The highest BCUT2D eigenvalue weighted by Crippen LogP contribution is 2.18. The fourth-order valence-electron chi connectivity index (χ4n) is 1.74. The molecule has 0 fully saturated rings. The van der Waals surface area contributed by atoms with E-state index in [1.807, 2.05) is 0 Å². The van der Waals surface area contributed by atoms with Gasteiger partial charge in [0.1, 0.15) is 9.84 Å². The number of hydrogen-bond donors (Lipinski definition) is 4.